The first kappa shape index (κ1) is 18.4. The zero-order valence-electron chi connectivity index (χ0n) is 14.6. The minimum atomic E-state index is 0.338. The minimum absolute atomic E-state index is 0.338. The molecule has 1 unspecified atom stereocenters. The molecule has 2 aromatic carbocycles. The van der Waals surface area contributed by atoms with E-state index in [9.17, 15) is 0 Å². The van der Waals surface area contributed by atoms with Crippen LogP contribution in [0.4, 0.5) is 0 Å². The van der Waals surface area contributed by atoms with Gasteiger partial charge in [0.25, 0.3) is 0 Å². The highest BCUT2D eigenvalue weighted by atomic mass is 79.9. The van der Waals surface area contributed by atoms with E-state index in [1.807, 2.05) is 12.1 Å². The molecule has 1 aliphatic heterocycles. The van der Waals surface area contributed by atoms with Crippen LogP contribution in [0.1, 0.15) is 17.2 Å². The van der Waals surface area contributed by atoms with Gasteiger partial charge in [-0.1, -0.05) is 40.2 Å². The van der Waals surface area contributed by atoms with Gasteiger partial charge in [0.2, 0.25) is 0 Å². The molecule has 0 bridgehead atoms. The Morgan fingerprint density at radius 3 is 2.40 bits per heavy atom. The van der Waals surface area contributed by atoms with Crippen LogP contribution in [0, 0.1) is 0 Å². The summed E-state index contributed by atoms with van der Waals surface area (Å²) >= 11 is 3.48. The summed E-state index contributed by atoms with van der Waals surface area (Å²) < 4.78 is 11.9. The summed E-state index contributed by atoms with van der Waals surface area (Å²) in [4.78, 5) is 2.50. The third-order valence-corrected chi connectivity index (χ3v) is 5.10. The number of nitrogens with one attached hydrogen (secondary N) is 1. The lowest BCUT2D eigenvalue weighted by Crippen LogP contribution is -2.42. The molecule has 1 saturated heterocycles. The first-order chi connectivity index (χ1) is 12.3. The van der Waals surface area contributed by atoms with Crippen molar-refractivity contribution in [1.82, 2.24) is 10.2 Å². The van der Waals surface area contributed by atoms with E-state index >= 15 is 0 Å². The Bertz CT molecular complexity index is 640. The van der Waals surface area contributed by atoms with Crippen molar-refractivity contribution in [3.8, 4) is 5.75 Å². The highest BCUT2D eigenvalue weighted by Crippen LogP contribution is 2.24. The van der Waals surface area contributed by atoms with Crippen LogP contribution in [0.25, 0.3) is 0 Å². The summed E-state index contributed by atoms with van der Waals surface area (Å²) in [5, 5.41) is 3.62. The highest BCUT2D eigenvalue weighted by Gasteiger charge is 2.22. The first-order valence-corrected chi connectivity index (χ1v) is 9.46. The average molecular weight is 405 g/mol. The highest BCUT2D eigenvalue weighted by molar-refractivity contribution is 9.10. The van der Waals surface area contributed by atoms with Crippen LogP contribution in [0.5, 0.6) is 5.75 Å². The van der Waals surface area contributed by atoms with Gasteiger partial charge in [0, 0.05) is 36.7 Å². The van der Waals surface area contributed by atoms with Gasteiger partial charge in [-0.25, -0.2) is 0 Å². The van der Waals surface area contributed by atoms with Crippen molar-refractivity contribution >= 4 is 15.9 Å². The molecule has 1 aliphatic rings. The van der Waals surface area contributed by atoms with Crippen molar-refractivity contribution in [3.63, 3.8) is 0 Å². The minimum Gasteiger partial charge on any atom is -0.497 e. The van der Waals surface area contributed by atoms with Crippen LogP contribution in [0.3, 0.4) is 0 Å². The molecule has 0 aromatic heterocycles. The molecule has 5 heteroatoms. The summed E-state index contributed by atoms with van der Waals surface area (Å²) in [6, 6.07) is 17.2. The van der Waals surface area contributed by atoms with Gasteiger partial charge in [-0.2, -0.15) is 0 Å². The fourth-order valence-corrected chi connectivity index (χ4v) is 3.39. The van der Waals surface area contributed by atoms with E-state index in [1.54, 1.807) is 7.11 Å². The molecule has 0 amide bonds. The molecule has 0 saturated carbocycles. The second kappa shape index (κ2) is 9.34. The maximum Gasteiger partial charge on any atom is 0.118 e. The Morgan fingerprint density at radius 1 is 1.08 bits per heavy atom. The number of halogens is 1. The van der Waals surface area contributed by atoms with Gasteiger partial charge in [0.1, 0.15) is 5.75 Å². The lowest BCUT2D eigenvalue weighted by Gasteiger charge is -2.35. The smallest absolute Gasteiger partial charge is 0.118 e. The number of rotatable bonds is 7. The van der Waals surface area contributed by atoms with Crippen molar-refractivity contribution in [1.29, 1.82) is 0 Å². The number of nitrogens with zero attached hydrogens (tertiary/aromatic N) is 1. The Kier molecular flexibility index (Phi) is 6.87. The predicted octanol–water partition coefficient (Wildman–Crippen LogP) is 3.62. The molecular weight excluding hydrogens is 380 g/mol. The third kappa shape index (κ3) is 5.28. The molecule has 3 rings (SSSR count). The van der Waals surface area contributed by atoms with Crippen LogP contribution in [0.2, 0.25) is 0 Å². The number of methoxy groups -OCH3 is 1. The molecule has 0 aliphatic carbocycles. The van der Waals surface area contributed by atoms with Crippen molar-refractivity contribution in [2.75, 3.05) is 40.0 Å². The van der Waals surface area contributed by atoms with Crippen molar-refractivity contribution in [3.05, 3.63) is 64.1 Å². The van der Waals surface area contributed by atoms with Crippen LogP contribution in [-0.4, -0.2) is 44.9 Å². The summed E-state index contributed by atoms with van der Waals surface area (Å²) in [6.45, 7) is 5.32. The Morgan fingerprint density at radius 2 is 1.76 bits per heavy atom. The Labute approximate surface area is 158 Å². The van der Waals surface area contributed by atoms with Gasteiger partial charge in [-0.3, -0.25) is 4.90 Å². The second-order valence-corrected chi connectivity index (χ2v) is 7.11. The fraction of sp³-hybridized carbons (Fsp3) is 0.400. The number of hydrogen-bond acceptors (Lipinski definition) is 4. The lowest BCUT2D eigenvalue weighted by atomic mass is 10.0. The second-order valence-electron chi connectivity index (χ2n) is 6.19. The zero-order valence-corrected chi connectivity index (χ0v) is 16.2. The lowest BCUT2D eigenvalue weighted by molar-refractivity contribution is 0.0161. The van der Waals surface area contributed by atoms with Crippen molar-refractivity contribution in [2.45, 2.75) is 12.6 Å². The largest absolute Gasteiger partial charge is 0.497 e. The van der Waals surface area contributed by atoms with E-state index in [0.717, 1.165) is 49.6 Å². The first-order valence-electron chi connectivity index (χ1n) is 8.67. The molecule has 134 valence electrons. The van der Waals surface area contributed by atoms with Gasteiger partial charge in [0.05, 0.1) is 20.3 Å². The monoisotopic (exact) mass is 404 g/mol. The normalized spacial score (nSPS) is 16.6. The summed E-state index contributed by atoms with van der Waals surface area (Å²) in [6.07, 6.45) is 0. The summed E-state index contributed by atoms with van der Waals surface area (Å²) in [7, 11) is 1.70. The molecule has 4 nitrogen and oxygen atoms in total. The quantitative estimate of drug-likeness (QED) is 0.763. The van der Waals surface area contributed by atoms with E-state index in [4.69, 9.17) is 9.47 Å². The summed E-state index contributed by atoms with van der Waals surface area (Å²) in [5.74, 6) is 0.896. The maximum atomic E-state index is 5.52. The van der Waals surface area contributed by atoms with Gasteiger partial charge < -0.3 is 14.8 Å². The average Bonchev–Trinajstić information content (AvgIpc) is 2.67. The van der Waals surface area contributed by atoms with Crippen molar-refractivity contribution in [2.24, 2.45) is 0 Å². The van der Waals surface area contributed by atoms with E-state index in [-0.39, 0.29) is 0 Å². The number of morpholine rings is 1. The van der Waals surface area contributed by atoms with E-state index < -0.39 is 0 Å². The van der Waals surface area contributed by atoms with Crippen LogP contribution in [0.15, 0.2) is 53.0 Å². The van der Waals surface area contributed by atoms with Gasteiger partial charge in [-0.05, 0) is 35.4 Å². The molecule has 25 heavy (non-hydrogen) atoms. The van der Waals surface area contributed by atoms with Gasteiger partial charge >= 0.3 is 0 Å². The Hall–Kier alpha value is -1.40. The molecule has 1 heterocycles. The van der Waals surface area contributed by atoms with Gasteiger partial charge in [0.15, 0.2) is 0 Å². The fourth-order valence-electron chi connectivity index (χ4n) is 3.13. The third-order valence-electron chi connectivity index (χ3n) is 4.57. The van der Waals surface area contributed by atoms with E-state index in [0.29, 0.717) is 6.04 Å². The molecule has 1 N–H and O–H groups in total. The molecular formula is C20H25BrN2O2. The summed E-state index contributed by atoms with van der Waals surface area (Å²) in [5.41, 5.74) is 2.60. The molecule has 0 spiro atoms. The van der Waals surface area contributed by atoms with Crippen LogP contribution < -0.4 is 10.1 Å². The number of ether oxygens (including phenoxy) is 2. The van der Waals surface area contributed by atoms with Gasteiger partial charge in [-0.15, -0.1) is 0 Å². The van der Waals surface area contributed by atoms with E-state index in [2.05, 4.69) is 62.5 Å². The van der Waals surface area contributed by atoms with Crippen molar-refractivity contribution < 1.29 is 9.47 Å². The zero-order chi connectivity index (χ0) is 17.5. The maximum absolute atomic E-state index is 5.52. The van der Waals surface area contributed by atoms with E-state index in [1.165, 1.54) is 11.1 Å². The molecule has 2 aromatic rings. The molecule has 0 radical (unpaired) electrons. The topological polar surface area (TPSA) is 33.7 Å². The number of benzene rings is 2. The molecule has 1 fully saturated rings. The van der Waals surface area contributed by atoms with Crippen LogP contribution in [-0.2, 0) is 11.3 Å². The molecule has 1 atom stereocenters. The Balaban J connectivity index is 1.65. The van der Waals surface area contributed by atoms with Crippen LogP contribution >= 0.6 is 15.9 Å². The predicted molar refractivity (Wildman–Crippen MR) is 104 cm³/mol. The number of hydrogen-bond donors (Lipinski definition) is 1. The SMILES string of the molecule is COc1ccc(C(CNCc2ccc(Br)cc2)N2CCOCC2)cc1. The standard InChI is InChI=1S/C20H25BrN2O2/c1-24-19-8-4-17(5-9-19)20(23-10-12-25-13-11-23)15-22-14-16-2-6-18(21)7-3-16/h2-9,20,22H,10-15H2,1H3.